The molecule has 0 heterocycles. The molecule has 2 rings (SSSR count). The Labute approximate surface area is 157 Å². The summed E-state index contributed by atoms with van der Waals surface area (Å²) in [6.07, 6.45) is 0. The second-order valence-corrected chi connectivity index (χ2v) is 6.92. The maximum atomic E-state index is 11.9. The molecule has 6 heteroatoms. The Balaban J connectivity index is 1.78. The van der Waals surface area contributed by atoms with Crippen molar-refractivity contribution in [1.82, 2.24) is 0 Å². The van der Waals surface area contributed by atoms with Gasteiger partial charge in [-0.05, 0) is 44.5 Å². The Bertz CT molecular complexity index is 832. The van der Waals surface area contributed by atoms with Crippen LogP contribution in [0.15, 0.2) is 47.4 Å². The number of hydrogen-bond acceptors (Lipinski definition) is 5. The lowest BCUT2D eigenvalue weighted by atomic mass is 10.1. The van der Waals surface area contributed by atoms with Crippen molar-refractivity contribution < 1.29 is 19.1 Å². The Morgan fingerprint density at radius 1 is 1.08 bits per heavy atom. The number of anilines is 1. The maximum Gasteiger partial charge on any atom is 0.316 e. The quantitative estimate of drug-likeness (QED) is 0.456. The number of amides is 1. The third-order valence-corrected chi connectivity index (χ3v) is 4.74. The first-order valence-electron chi connectivity index (χ1n) is 8.11. The van der Waals surface area contributed by atoms with Gasteiger partial charge >= 0.3 is 5.97 Å². The first-order chi connectivity index (χ1) is 12.3. The molecule has 2 aromatic carbocycles. The van der Waals surface area contributed by atoms with Gasteiger partial charge in [-0.2, -0.15) is 0 Å². The number of aryl methyl sites for hydroxylation is 2. The Kier molecular flexibility index (Phi) is 6.97. The van der Waals surface area contributed by atoms with Gasteiger partial charge in [-0.15, -0.1) is 11.8 Å². The van der Waals surface area contributed by atoms with Gasteiger partial charge in [-0.3, -0.25) is 14.4 Å². The van der Waals surface area contributed by atoms with E-state index in [1.165, 1.54) is 24.2 Å². The molecule has 2 aromatic rings. The lowest BCUT2D eigenvalue weighted by Gasteiger charge is -2.08. The van der Waals surface area contributed by atoms with E-state index in [1.807, 2.05) is 26.0 Å². The van der Waals surface area contributed by atoms with E-state index in [0.29, 0.717) is 11.3 Å². The van der Waals surface area contributed by atoms with Crippen molar-refractivity contribution in [3.8, 4) is 0 Å². The molecule has 0 radical (unpaired) electrons. The van der Waals surface area contributed by atoms with Gasteiger partial charge in [-0.25, -0.2) is 0 Å². The van der Waals surface area contributed by atoms with Crippen molar-refractivity contribution in [2.75, 3.05) is 17.7 Å². The molecular formula is C20H21NO4S. The molecule has 0 bridgehead atoms. The van der Waals surface area contributed by atoms with Gasteiger partial charge in [-0.1, -0.05) is 29.8 Å². The highest BCUT2D eigenvalue weighted by atomic mass is 32.2. The predicted octanol–water partition coefficient (Wildman–Crippen LogP) is 3.78. The summed E-state index contributed by atoms with van der Waals surface area (Å²) in [5.74, 6) is -0.856. The number of thioether (sulfide) groups is 1. The van der Waals surface area contributed by atoms with Gasteiger partial charge in [0, 0.05) is 16.1 Å². The minimum atomic E-state index is -0.456. The monoisotopic (exact) mass is 371 g/mol. The molecule has 0 atom stereocenters. The zero-order valence-electron chi connectivity index (χ0n) is 15.0. The van der Waals surface area contributed by atoms with E-state index < -0.39 is 11.9 Å². The van der Waals surface area contributed by atoms with Crippen molar-refractivity contribution in [1.29, 1.82) is 0 Å². The second kappa shape index (κ2) is 9.20. The minimum Gasteiger partial charge on any atom is -0.455 e. The molecule has 0 fully saturated rings. The molecule has 0 aromatic heterocycles. The average Bonchev–Trinajstić information content (AvgIpc) is 2.59. The van der Waals surface area contributed by atoms with E-state index in [0.717, 1.165) is 10.5 Å². The van der Waals surface area contributed by atoms with E-state index in [4.69, 9.17) is 4.74 Å². The number of carbonyl (C=O) groups excluding carboxylic acids is 3. The van der Waals surface area contributed by atoms with Gasteiger partial charge in [0.1, 0.15) is 0 Å². The number of esters is 1. The fourth-order valence-corrected chi connectivity index (χ4v) is 3.11. The number of benzene rings is 2. The summed E-state index contributed by atoms with van der Waals surface area (Å²) in [6.45, 7) is 5.09. The number of ether oxygens (including phenoxy) is 1. The van der Waals surface area contributed by atoms with E-state index in [-0.39, 0.29) is 18.1 Å². The normalized spacial score (nSPS) is 10.3. The standard InChI is InChI=1S/C20H21NO4S/c1-13-7-8-18(14(2)9-13)26-12-20(24)25-11-19(23)21-17-6-4-5-16(10-17)15(3)22/h4-10H,11-12H2,1-3H3,(H,21,23). The van der Waals surface area contributed by atoms with Gasteiger partial charge in [0.25, 0.3) is 5.91 Å². The fraction of sp³-hybridized carbons (Fsp3) is 0.250. The first-order valence-corrected chi connectivity index (χ1v) is 9.10. The number of hydrogen-bond donors (Lipinski definition) is 1. The molecule has 0 saturated carbocycles. The smallest absolute Gasteiger partial charge is 0.316 e. The average molecular weight is 371 g/mol. The highest BCUT2D eigenvalue weighted by Crippen LogP contribution is 2.23. The Morgan fingerprint density at radius 3 is 2.54 bits per heavy atom. The van der Waals surface area contributed by atoms with Crippen LogP contribution >= 0.6 is 11.8 Å². The molecule has 5 nitrogen and oxygen atoms in total. The van der Waals surface area contributed by atoms with Crippen LogP contribution in [-0.2, 0) is 14.3 Å². The summed E-state index contributed by atoms with van der Waals surface area (Å²) in [7, 11) is 0. The maximum absolute atomic E-state index is 11.9. The molecule has 1 amide bonds. The highest BCUT2D eigenvalue weighted by molar-refractivity contribution is 8.00. The molecule has 0 aliphatic heterocycles. The van der Waals surface area contributed by atoms with Gasteiger partial charge in [0.2, 0.25) is 0 Å². The Morgan fingerprint density at radius 2 is 1.85 bits per heavy atom. The molecule has 26 heavy (non-hydrogen) atoms. The third-order valence-electron chi connectivity index (χ3n) is 3.59. The van der Waals surface area contributed by atoms with Crippen LogP contribution in [0.3, 0.4) is 0 Å². The molecule has 136 valence electrons. The SMILES string of the molecule is CC(=O)c1cccc(NC(=O)COC(=O)CSc2ccc(C)cc2C)c1. The van der Waals surface area contributed by atoms with Crippen LogP contribution in [0.25, 0.3) is 0 Å². The molecule has 0 saturated heterocycles. The predicted molar refractivity (Wildman–Crippen MR) is 103 cm³/mol. The number of carbonyl (C=O) groups is 3. The van der Waals surface area contributed by atoms with Crippen LogP contribution in [-0.4, -0.2) is 30.0 Å². The summed E-state index contributed by atoms with van der Waals surface area (Å²) in [5, 5.41) is 2.61. The first kappa shape index (κ1) is 19.7. The molecule has 1 N–H and O–H groups in total. The second-order valence-electron chi connectivity index (χ2n) is 5.90. The Hall–Kier alpha value is -2.60. The van der Waals surface area contributed by atoms with E-state index in [2.05, 4.69) is 11.4 Å². The van der Waals surface area contributed by atoms with Crippen molar-refractivity contribution in [3.63, 3.8) is 0 Å². The van der Waals surface area contributed by atoms with Crippen LogP contribution in [0.1, 0.15) is 28.4 Å². The topological polar surface area (TPSA) is 72.5 Å². The van der Waals surface area contributed by atoms with Crippen LogP contribution in [0.5, 0.6) is 0 Å². The van der Waals surface area contributed by atoms with Crippen molar-refractivity contribution >= 4 is 35.1 Å². The summed E-state index contributed by atoms with van der Waals surface area (Å²) in [5.41, 5.74) is 3.26. The molecular weight excluding hydrogens is 350 g/mol. The van der Waals surface area contributed by atoms with Crippen molar-refractivity contribution in [2.45, 2.75) is 25.7 Å². The van der Waals surface area contributed by atoms with E-state index >= 15 is 0 Å². The van der Waals surface area contributed by atoms with Crippen LogP contribution in [0.2, 0.25) is 0 Å². The van der Waals surface area contributed by atoms with Crippen LogP contribution in [0, 0.1) is 13.8 Å². The van der Waals surface area contributed by atoms with Gasteiger partial charge in [0.15, 0.2) is 12.4 Å². The summed E-state index contributed by atoms with van der Waals surface area (Å²) in [6, 6.07) is 12.6. The minimum absolute atomic E-state index is 0.0871. The molecule has 0 aliphatic carbocycles. The number of Topliss-reactive ketones (excluding diaryl/α,β-unsaturated/α-hetero) is 1. The number of rotatable bonds is 7. The number of nitrogens with one attached hydrogen (secondary N) is 1. The van der Waals surface area contributed by atoms with Crippen LogP contribution < -0.4 is 5.32 Å². The van der Waals surface area contributed by atoms with E-state index in [1.54, 1.807) is 24.3 Å². The fourth-order valence-electron chi connectivity index (χ4n) is 2.30. The molecule has 0 spiro atoms. The van der Waals surface area contributed by atoms with Gasteiger partial charge in [0.05, 0.1) is 5.75 Å². The largest absolute Gasteiger partial charge is 0.455 e. The zero-order valence-corrected chi connectivity index (χ0v) is 15.8. The third kappa shape index (κ3) is 6.04. The van der Waals surface area contributed by atoms with Crippen molar-refractivity contribution in [2.24, 2.45) is 0 Å². The van der Waals surface area contributed by atoms with Crippen LogP contribution in [0.4, 0.5) is 5.69 Å². The number of ketones is 1. The zero-order chi connectivity index (χ0) is 19.1. The summed E-state index contributed by atoms with van der Waals surface area (Å²) < 4.78 is 5.00. The summed E-state index contributed by atoms with van der Waals surface area (Å²) >= 11 is 1.38. The molecule has 0 aliphatic rings. The van der Waals surface area contributed by atoms with Gasteiger partial charge < -0.3 is 10.1 Å². The summed E-state index contributed by atoms with van der Waals surface area (Å²) in [4.78, 5) is 36.1. The highest BCUT2D eigenvalue weighted by Gasteiger charge is 2.10. The lowest BCUT2D eigenvalue weighted by Crippen LogP contribution is -2.21. The van der Waals surface area contributed by atoms with E-state index in [9.17, 15) is 14.4 Å². The lowest BCUT2D eigenvalue weighted by molar-refractivity contribution is -0.144. The van der Waals surface area contributed by atoms with Crippen molar-refractivity contribution in [3.05, 3.63) is 59.2 Å². The molecule has 0 unspecified atom stereocenters.